The number of para-hydroxylation sites is 2. The van der Waals surface area contributed by atoms with E-state index < -0.39 is 11.6 Å². The highest BCUT2D eigenvalue weighted by atomic mass is 79.9. The average molecular weight is 491 g/mol. The van der Waals surface area contributed by atoms with Crippen molar-refractivity contribution >= 4 is 50.7 Å². The first-order valence-electron chi connectivity index (χ1n) is 9.34. The molecule has 0 saturated heterocycles. The molecule has 0 spiro atoms. The lowest BCUT2D eigenvalue weighted by Gasteiger charge is -2.20. The third-order valence-corrected chi connectivity index (χ3v) is 5.87. The van der Waals surface area contributed by atoms with Gasteiger partial charge < -0.3 is 14.0 Å². The van der Waals surface area contributed by atoms with Gasteiger partial charge in [-0.05, 0) is 66.5 Å². The van der Waals surface area contributed by atoms with Gasteiger partial charge in [0.15, 0.2) is 5.16 Å². The maximum atomic E-state index is 12.4. The minimum absolute atomic E-state index is 0.0772. The van der Waals surface area contributed by atoms with Crippen LogP contribution < -0.4 is 0 Å². The zero-order valence-corrected chi connectivity index (χ0v) is 19.7. The Morgan fingerprint density at radius 3 is 2.60 bits per heavy atom. The number of methoxy groups -OCH3 is 1. The first-order chi connectivity index (χ1) is 14.2. The maximum Gasteiger partial charge on any atom is 0.339 e. The summed E-state index contributed by atoms with van der Waals surface area (Å²) in [5.41, 5.74) is 2.55. The Morgan fingerprint density at radius 1 is 1.17 bits per heavy atom. The summed E-state index contributed by atoms with van der Waals surface area (Å²) in [6.07, 6.45) is 0. The minimum atomic E-state index is -0.553. The molecule has 6 nitrogen and oxygen atoms in total. The molecule has 8 heteroatoms. The fourth-order valence-electron chi connectivity index (χ4n) is 2.90. The van der Waals surface area contributed by atoms with Crippen LogP contribution >= 0.6 is 27.7 Å². The second-order valence-electron chi connectivity index (χ2n) is 7.65. The number of nitrogens with zero attached hydrogens (tertiary/aromatic N) is 2. The van der Waals surface area contributed by atoms with Gasteiger partial charge in [0.1, 0.15) is 12.1 Å². The van der Waals surface area contributed by atoms with E-state index in [-0.39, 0.29) is 12.5 Å². The van der Waals surface area contributed by atoms with Crippen LogP contribution in [0.15, 0.2) is 52.1 Å². The fraction of sp³-hybridized carbons (Fsp3) is 0.318. The Balaban J connectivity index is 1.86. The number of fused-ring (bicyclic) bond motifs is 1. The van der Waals surface area contributed by atoms with Crippen LogP contribution in [0.3, 0.4) is 0 Å². The molecule has 3 rings (SSSR count). The van der Waals surface area contributed by atoms with E-state index in [2.05, 4.69) is 20.9 Å². The lowest BCUT2D eigenvalue weighted by Crippen LogP contribution is -2.26. The summed E-state index contributed by atoms with van der Waals surface area (Å²) in [4.78, 5) is 29.1. The molecular weight excluding hydrogens is 468 g/mol. The van der Waals surface area contributed by atoms with Crippen molar-refractivity contribution < 1.29 is 19.1 Å². The molecule has 1 heterocycles. The SMILES string of the molecule is COC(=O)c1cc(CSc2nc3ccccc3n2CC(=O)OC(C)(C)C)ccc1Br. The quantitative estimate of drug-likeness (QED) is 0.348. The molecule has 0 aliphatic carbocycles. The van der Waals surface area contributed by atoms with Crippen LogP contribution in [-0.2, 0) is 26.6 Å². The van der Waals surface area contributed by atoms with Crippen molar-refractivity contribution in [3.8, 4) is 0 Å². The van der Waals surface area contributed by atoms with Crippen molar-refractivity contribution in [3.63, 3.8) is 0 Å². The third kappa shape index (κ3) is 5.43. The molecule has 30 heavy (non-hydrogen) atoms. The standard InChI is InChI=1S/C22H23BrN2O4S/c1-22(2,3)29-19(26)12-25-18-8-6-5-7-17(18)24-21(25)30-13-14-9-10-16(23)15(11-14)20(27)28-4/h5-11H,12-13H2,1-4H3. The van der Waals surface area contributed by atoms with E-state index in [9.17, 15) is 9.59 Å². The molecule has 0 amide bonds. The Hall–Kier alpha value is -2.32. The number of aromatic nitrogens is 2. The van der Waals surface area contributed by atoms with Gasteiger partial charge in [-0.2, -0.15) is 0 Å². The minimum Gasteiger partial charge on any atom is -0.465 e. The highest BCUT2D eigenvalue weighted by Crippen LogP contribution is 2.29. The first kappa shape index (κ1) is 22.4. The Bertz CT molecular complexity index is 1090. The third-order valence-electron chi connectivity index (χ3n) is 4.13. The number of thioether (sulfide) groups is 1. The number of benzene rings is 2. The number of carbonyl (C=O) groups is 2. The molecule has 0 radical (unpaired) electrons. The van der Waals surface area contributed by atoms with Gasteiger partial charge in [-0.15, -0.1) is 0 Å². The zero-order valence-electron chi connectivity index (χ0n) is 17.3. The molecule has 0 unspecified atom stereocenters. The fourth-order valence-corrected chi connectivity index (χ4v) is 4.26. The second kappa shape index (κ2) is 9.22. The number of rotatable bonds is 6. The molecular formula is C22H23BrN2O4S. The van der Waals surface area contributed by atoms with E-state index in [0.29, 0.717) is 20.9 Å². The highest BCUT2D eigenvalue weighted by Gasteiger charge is 2.20. The number of esters is 2. The summed E-state index contributed by atoms with van der Waals surface area (Å²) >= 11 is 4.87. The van der Waals surface area contributed by atoms with Crippen molar-refractivity contribution in [2.75, 3.05) is 7.11 Å². The summed E-state index contributed by atoms with van der Waals surface area (Å²) < 4.78 is 12.9. The van der Waals surface area contributed by atoms with Crippen molar-refractivity contribution in [2.45, 2.75) is 43.8 Å². The van der Waals surface area contributed by atoms with Crippen molar-refractivity contribution in [1.29, 1.82) is 0 Å². The number of halogens is 1. The topological polar surface area (TPSA) is 70.4 Å². The molecule has 0 N–H and O–H groups in total. The Labute approximate surface area is 188 Å². The summed E-state index contributed by atoms with van der Waals surface area (Å²) in [6, 6.07) is 13.2. The van der Waals surface area contributed by atoms with Crippen LogP contribution in [0.25, 0.3) is 11.0 Å². The number of hydrogen-bond acceptors (Lipinski definition) is 6. The van der Waals surface area contributed by atoms with Crippen LogP contribution in [0.4, 0.5) is 0 Å². The molecule has 0 fully saturated rings. The molecule has 0 atom stereocenters. The molecule has 0 aliphatic rings. The monoisotopic (exact) mass is 490 g/mol. The average Bonchev–Trinajstić information content (AvgIpc) is 3.02. The largest absolute Gasteiger partial charge is 0.465 e. The number of hydrogen-bond donors (Lipinski definition) is 0. The summed E-state index contributed by atoms with van der Waals surface area (Å²) in [5.74, 6) is -0.135. The molecule has 1 aromatic heterocycles. The zero-order chi connectivity index (χ0) is 21.9. The van der Waals surface area contributed by atoms with Crippen molar-refractivity contribution in [2.24, 2.45) is 0 Å². The van der Waals surface area contributed by atoms with E-state index in [1.54, 1.807) is 6.07 Å². The van der Waals surface area contributed by atoms with E-state index in [1.807, 2.05) is 61.7 Å². The van der Waals surface area contributed by atoms with Crippen LogP contribution in [-0.4, -0.2) is 34.2 Å². The lowest BCUT2D eigenvalue weighted by atomic mass is 10.1. The molecule has 0 bridgehead atoms. The van der Waals surface area contributed by atoms with Gasteiger partial charge >= 0.3 is 11.9 Å². The predicted molar refractivity (Wildman–Crippen MR) is 121 cm³/mol. The van der Waals surface area contributed by atoms with Gasteiger partial charge in [0, 0.05) is 10.2 Å². The lowest BCUT2D eigenvalue weighted by molar-refractivity contribution is -0.155. The number of carbonyl (C=O) groups excluding carboxylic acids is 2. The number of imidazole rings is 1. The van der Waals surface area contributed by atoms with Crippen molar-refractivity contribution in [1.82, 2.24) is 9.55 Å². The predicted octanol–water partition coefficient (Wildman–Crippen LogP) is 5.22. The molecule has 158 valence electrons. The van der Waals surface area contributed by atoms with E-state index in [4.69, 9.17) is 9.47 Å². The van der Waals surface area contributed by atoms with Crippen molar-refractivity contribution in [3.05, 3.63) is 58.1 Å². The summed E-state index contributed by atoms with van der Waals surface area (Å²) in [5, 5.41) is 0.713. The van der Waals surface area contributed by atoms with Gasteiger partial charge in [0.05, 0.1) is 23.7 Å². The van der Waals surface area contributed by atoms with E-state index in [1.165, 1.54) is 18.9 Å². The first-order valence-corrected chi connectivity index (χ1v) is 11.1. The summed E-state index contributed by atoms with van der Waals surface area (Å²) in [7, 11) is 1.36. The highest BCUT2D eigenvalue weighted by molar-refractivity contribution is 9.10. The molecule has 3 aromatic rings. The van der Waals surface area contributed by atoms with Crippen LogP contribution in [0, 0.1) is 0 Å². The summed E-state index contributed by atoms with van der Waals surface area (Å²) in [6.45, 7) is 5.62. The Kier molecular flexibility index (Phi) is 6.88. The van der Waals surface area contributed by atoms with Gasteiger partial charge in [-0.25, -0.2) is 9.78 Å². The van der Waals surface area contributed by atoms with Crippen LogP contribution in [0.2, 0.25) is 0 Å². The van der Waals surface area contributed by atoms with Gasteiger partial charge in [0.2, 0.25) is 0 Å². The van der Waals surface area contributed by atoms with Gasteiger partial charge in [-0.1, -0.05) is 30.0 Å². The van der Waals surface area contributed by atoms with E-state index >= 15 is 0 Å². The Morgan fingerprint density at radius 2 is 1.90 bits per heavy atom. The normalized spacial score (nSPS) is 11.5. The maximum absolute atomic E-state index is 12.4. The van der Waals surface area contributed by atoms with E-state index in [0.717, 1.165) is 16.6 Å². The smallest absolute Gasteiger partial charge is 0.339 e. The van der Waals surface area contributed by atoms with Crippen LogP contribution in [0.5, 0.6) is 0 Å². The van der Waals surface area contributed by atoms with Gasteiger partial charge in [-0.3, -0.25) is 4.79 Å². The molecule has 2 aromatic carbocycles. The van der Waals surface area contributed by atoms with Gasteiger partial charge in [0.25, 0.3) is 0 Å². The molecule has 0 aliphatic heterocycles. The molecule has 0 saturated carbocycles. The van der Waals surface area contributed by atoms with Crippen LogP contribution in [0.1, 0.15) is 36.7 Å². The number of ether oxygens (including phenoxy) is 2. The second-order valence-corrected chi connectivity index (χ2v) is 9.45.